The number of carbonyl (C=O) groups is 1. The van der Waals surface area contributed by atoms with E-state index in [4.69, 9.17) is 14.4 Å². The lowest BCUT2D eigenvalue weighted by molar-refractivity contribution is 0.102. The van der Waals surface area contributed by atoms with Gasteiger partial charge in [0.05, 0.1) is 17.7 Å². The lowest BCUT2D eigenvalue weighted by Gasteiger charge is -2.09. The number of rotatable bonds is 7. The molecule has 0 aliphatic heterocycles. The van der Waals surface area contributed by atoms with E-state index in [2.05, 4.69) is 17.4 Å². The van der Waals surface area contributed by atoms with Gasteiger partial charge in [0.1, 0.15) is 11.8 Å². The summed E-state index contributed by atoms with van der Waals surface area (Å²) >= 11 is 0. The zero-order valence-electron chi connectivity index (χ0n) is 17.2. The highest BCUT2D eigenvalue weighted by Crippen LogP contribution is 2.23. The Labute approximate surface area is 184 Å². The lowest BCUT2D eigenvalue weighted by atomic mass is 10.1. The number of amides is 1. The van der Waals surface area contributed by atoms with Gasteiger partial charge >= 0.3 is 0 Å². The second-order valence-corrected chi connectivity index (χ2v) is 7.19. The van der Waals surface area contributed by atoms with E-state index in [1.54, 1.807) is 42.5 Å². The molecule has 4 aromatic rings. The topological polar surface area (TPSA) is 92.3 Å². The molecule has 1 amide bonds. The molecule has 32 heavy (non-hydrogen) atoms. The van der Waals surface area contributed by atoms with Crippen molar-refractivity contribution in [1.29, 1.82) is 5.26 Å². The fourth-order valence-electron chi connectivity index (χ4n) is 3.34. The maximum absolute atomic E-state index is 12.7. The molecule has 3 aromatic carbocycles. The fraction of sp³-hybridized carbons (Fsp3) is 0.115. The minimum absolute atomic E-state index is 0.113. The van der Waals surface area contributed by atoms with Crippen LogP contribution in [0, 0.1) is 11.3 Å². The van der Waals surface area contributed by atoms with Crippen LogP contribution in [0.1, 0.15) is 28.1 Å². The van der Waals surface area contributed by atoms with Crippen LogP contribution >= 0.6 is 0 Å². The van der Waals surface area contributed by atoms with Gasteiger partial charge in [-0.05, 0) is 54.8 Å². The van der Waals surface area contributed by atoms with Crippen molar-refractivity contribution in [3.63, 3.8) is 0 Å². The van der Waals surface area contributed by atoms with Gasteiger partial charge in [-0.25, -0.2) is 0 Å². The van der Waals surface area contributed by atoms with Crippen LogP contribution in [0.25, 0.3) is 11.0 Å². The number of nitriles is 1. The summed E-state index contributed by atoms with van der Waals surface area (Å²) in [5.74, 6) is 0.209. The quantitative estimate of drug-likeness (QED) is 0.425. The van der Waals surface area contributed by atoms with Crippen molar-refractivity contribution in [2.45, 2.75) is 12.8 Å². The summed E-state index contributed by atoms with van der Waals surface area (Å²) in [5.41, 5.74) is 1.85. The number of hydrogen-bond acceptors (Lipinski definition) is 5. The largest absolute Gasteiger partial charge is 0.494 e. The summed E-state index contributed by atoms with van der Waals surface area (Å²) in [7, 11) is 0. The maximum Gasteiger partial charge on any atom is 0.255 e. The van der Waals surface area contributed by atoms with Gasteiger partial charge in [-0.15, -0.1) is 0 Å². The molecule has 6 heteroatoms. The Kier molecular flexibility index (Phi) is 6.28. The first-order valence-corrected chi connectivity index (χ1v) is 10.2. The Morgan fingerprint density at radius 2 is 1.78 bits per heavy atom. The highest BCUT2D eigenvalue weighted by Gasteiger charge is 2.13. The summed E-state index contributed by atoms with van der Waals surface area (Å²) in [4.78, 5) is 24.8. The van der Waals surface area contributed by atoms with E-state index in [1.165, 1.54) is 5.56 Å². The van der Waals surface area contributed by atoms with Crippen molar-refractivity contribution in [3.05, 3.63) is 106 Å². The first kappa shape index (κ1) is 20.9. The number of nitrogens with one attached hydrogen (secondary N) is 1. The third-order valence-electron chi connectivity index (χ3n) is 4.95. The van der Waals surface area contributed by atoms with Gasteiger partial charge in [0.25, 0.3) is 5.91 Å². The third kappa shape index (κ3) is 4.85. The standard InChI is InChI=1S/C26H20N2O4/c27-17-21-16-24(29)22-9-4-10-23(25(22)32-21)28-26(30)19-11-13-20(14-12-19)31-15-5-8-18-6-2-1-3-7-18/h1-4,6-7,9-14,16H,5,8,15H2,(H,28,30). The molecule has 0 spiro atoms. The molecule has 0 unspecified atom stereocenters. The summed E-state index contributed by atoms with van der Waals surface area (Å²) in [6.45, 7) is 0.580. The van der Waals surface area contributed by atoms with Crippen molar-refractivity contribution in [2.24, 2.45) is 0 Å². The summed E-state index contributed by atoms with van der Waals surface area (Å²) in [5, 5.41) is 12.1. The summed E-state index contributed by atoms with van der Waals surface area (Å²) in [6, 6.07) is 24.9. The molecule has 1 N–H and O–H groups in total. The van der Waals surface area contributed by atoms with E-state index in [9.17, 15) is 9.59 Å². The molecule has 0 saturated heterocycles. The highest BCUT2D eigenvalue weighted by molar-refractivity contribution is 6.07. The average molecular weight is 424 g/mol. The molecule has 0 fully saturated rings. The molecule has 0 atom stereocenters. The van der Waals surface area contributed by atoms with Crippen LogP contribution in [-0.2, 0) is 6.42 Å². The van der Waals surface area contributed by atoms with E-state index in [-0.39, 0.29) is 22.7 Å². The maximum atomic E-state index is 12.7. The van der Waals surface area contributed by atoms with E-state index in [0.717, 1.165) is 18.9 Å². The second kappa shape index (κ2) is 9.63. The van der Waals surface area contributed by atoms with Crippen LogP contribution < -0.4 is 15.5 Å². The molecule has 1 aromatic heterocycles. The number of anilines is 1. The zero-order chi connectivity index (χ0) is 22.3. The molecule has 0 aliphatic rings. The Hall–Kier alpha value is -4.37. The fourth-order valence-corrected chi connectivity index (χ4v) is 3.34. The minimum atomic E-state index is -0.363. The monoisotopic (exact) mass is 424 g/mol. The van der Waals surface area contributed by atoms with Crippen molar-refractivity contribution >= 4 is 22.6 Å². The van der Waals surface area contributed by atoms with Crippen molar-refractivity contribution in [1.82, 2.24) is 0 Å². The Balaban J connectivity index is 1.39. The number of nitrogens with zero attached hydrogens (tertiary/aromatic N) is 1. The van der Waals surface area contributed by atoms with Gasteiger partial charge < -0.3 is 14.5 Å². The molecule has 6 nitrogen and oxygen atoms in total. The molecule has 0 saturated carbocycles. The van der Waals surface area contributed by atoms with Crippen LogP contribution in [0.2, 0.25) is 0 Å². The number of fused-ring (bicyclic) bond motifs is 1. The summed E-state index contributed by atoms with van der Waals surface area (Å²) in [6.07, 6.45) is 1.83. The van der Waals surface area contributed by atoms with Gasteiger partial charge in [-0.3, -0.25) is 9.59 Å². The number of benzene rings is 3. The predicted molar refractivity (Wildman–Crippen MR) is 122 cm³/mol. The molecular weight excluding hydrogens is 404 g/mol. The van der Waals surface area contributed by atoms with Crippen molar-refractivity contribution in [3.8, 4) is 11.8 Å². The normalized spacial score (nSPS) is 10.5. The van der Waals surface area contributed by atoms with Gasteiger partial charge in [-0.1, -0.05) is 36.4 Å². The number of hydrogen-bond donors (Lipinski definition) is 1. The SMILES string of the molecule is N#Cc1cc(=O)c2cccc(NC(=O)c3ccc(OCCCc4ccccc4)cc3)c2o1. The minimum Gasteiger partial charge on any atom is -0.494 e. The molecule has 0 aliphatic carbocycles. The third-order valence-corrected chi connectivity index (χ3v) is 4.95. The van der Waals surface area contributed by atoms with E-state index in [1.807, 2.05) is 24.3 Å². The Bertz CT molecular complexity index is 1340. The molecule has 4 rings (SSSR count). The predicted octanol–water partition coefficient (Wildman–Crippen LogP) is 4.93. The van der Waals surface area contributed by atoms with Crippen LogP contribution in [0.5, 0.6) is 5.75 Å². The number of ether oxygens (including phenoxy) is 1. The molecule has 1 heterocycles. The van der Waals surface area contributed by atoms with Crippen molar-refractivity contribution < 1.29 is 13.9 Å². The van der Waals surface area contributed by atoms with E-state index < -0.39 is 0 Å². The number of carbonyl (C=O) groups excluding carboxylic acids is 1. The van der Waals surface area contributed by atoms with Gasteiger partial charge in [0.15, 0.2) is 11.0 Å². The van der Waals surface area contributed by atoms with Crippen LogP contribution in [0.4, 0.5) is 5.69 Å². The van der Waals surface area contributed by atoms with Crippen LogP contribution in [0.15, 0.2) is 88.1 Å². The molecule has 0 bridgehead atoms. The van der Waals surface area contributed by atoms with Crippen molar-refractivity contribution in [2.75, 3.05) is 11.9 Å². The van der Waals surface area contributed by atoms with Crippen LogP contribution in [-0.4, -0.2) is 12.5 Å². The Morgan fingerprint density at radius 3 is 2.53 bits per heavy atom. The van der Waals surface area contributed by atoms with Gasteiger partial charge in [0, 0.05) is 11.6 Å². The average Bonchev–Trinajstić information content (AvgIpc) is 2.83. The number of para-hydroxylation sites is 1. The van der Waals surface area contributed by atoms with E-state index >= 15 is 0 Å². The highest BCUT2D eigenvalue weighted by atomic mass is 16.5. The second-order valence-electron chi connectivity index (χ2n) is 7.19. The number of aryl methyl sites for hydroxylation is 1. The van der Waals surface area contributed by atoms with Crippen LogP contribution in [0.3, 0.4) is 0 Å². The lowest BCUT2D eigenvalue weighted by Crippen LogP contribution is -2.13. The van der Waals surface area contributed by atoms with Gasteiger partial charge in [-0.2, -0.15) is 5.26 Å². The smallest absolute Gasteiger partial charge is 0.255 e. The Morgan fingerprint density at radius 1 is 1.00 bits per heavy atom. The first-order valence-electron chi connectivity index (χ1n) is 10.2. The molecular formula is C26H20N2O4. The first-order chi connectivity index (χ1) is 15.6. The van der Waals surface area contributed by atoms with E-state index in [0.29, 0.717) is 29.0 Å². The van der Waals surface area contributed by atoms with Gasteiger partial charge in [0.2, 0.25) is 5.76 Å². The molecule has 158 valence electrons. The molecule has 0 radical (unpaired) electrons. The zero-order valence-corrected chi connectivity index (χ0v) is 17.2. The summed E-state index contributed by atoms with van der Waals surface area (Å²) < 4.78 is 11.2.